The third-order valence-electron chi connectivity index (χ3n) is 3.60. The number of anilines is 2. The van der Waals surface area contributed by atoms with E-state index in [2.05, 4.69) is 5.32 Å². The van der Waals surface area contributed by atoms with Crippen LogP contribution in [0.25, 0.3) is 0 Å². The molecule has 0 aliphatic heterocycles. The van der Waals surface area contributed by atoms with Gasteiger partial charge in [0.2, 0.25) is 0 Å². The molecule has 3 rings (SSSR count). The second-order valence-electron chi connectivity index (χ2n) is 5.32. The Morgan fingerprint density at radius 2 is 1.42 bits per heavy atom. The maximum absolute atomic E-state index is 14.2. The molecule has 0 heterocycles. The number of hydrogen-bond donors (Lipinski definition) is 1. The van der Waals surface area contributed by atoms with Gasteiger partial charge in [-0.15, -0.1) is 0 Å². The molecule has 0 saturated carbocycles. The highest BCUT2D eigenvalue weighted by Gasteiger charge is 2.19. The number of urea groups is 1. The van der Waals surface area contributed by atoms with Gasteiger partial charge in [0.15, 0.2) is 0 Å². The summed E-state index contributed by atoms with van der Waals surface area (Å²) in [7, 11) is 0. The largest absolute Gasteiger partial charge is 0.326 e. The SMILES string of the molecule is O=C(Nc1ccccc1)N(Cc1ccccc1)c1ccccc1F. The number of para-hydroxylation sites is 2. The number of carbonyl (C=O) groups is 1. The molecule has 0 aliphatic carbocycles. The van der Waals surface area contributed by atoms with Crippen molar-refractivity contribution < 1.29 is 9.18 Å². The van der Waals surface area contributed by atoms with Gasteiger partial charge < -0.3 is 5.32 Å². The summed E-state index contributed by atoms with van der Waals surface area (Å²) in [6.07, 6.45) is 0. The van der Waals surface area contributed by atoms with Crippen LogP contribution < -0.4 is 10.2 Å². The Hall–Kier alpha value is -3.14. The molecule has 24 heavy (non-hydrogen) atoms. The van der Waals surface area contributed by atoms with Gasteiger partial charge >= 0.3 is 6.03 Å². The van der Waals surface area contributed by atoms with Gasteiger partial charge in [0.05, 0.1) is 12.2 Å². The lowest BCUT2D eigenvalue weighted by Gasteiger charge is -2.24. The number of halogens is 1. The maximum Gasteiger partial charge on any atom is 0.326 e. The summed E-state index contributed by atoms with van der Waals surface area (Å²) in [6, 6.07) is 24.5. The van der Waals surface area contributed by atoms with Crippen LogP contribution in [-0.2, 0) is 6.54 Å². The van der Waals surface area contributed by atoms with E-state index >= 15 is 0 Å². The zero-order chi connectivity index (χ0) is 16.8. The molecule has 0 aliphatic rings. The summed E-state index contributed by atoms with van der Waals surface area (Å²) in [5, 5.41) is 2.81. The van der Waals surface area contributed by atoms with Gasteiger partial charge in [-0.3, -0.25) is 4.90 Å². The molecule has 0 bridgehead atoms. The minimum atomic E-state index is -0.434. The normalized spacial score (nSPS) is 10.2. The highest BCUT2D eigenvalue weighted by atomic mass is 19.1. The van der Waals surface area contributed by atoms with E-state index in [1.807, 2.05) is 48.5 Å². The van der Waals surface area contributed by atoms with Crippen molar-refractivity contribution in [2.24, 2.45) is 0 Å². The summed E-state index contributed by atoms with van der Waals surface area (Å²) in [4.78, 5) is 14.1. The molecule has 0 unspecified atom stereocenters. The molecule has 1 N–H and O–H groups in total. The Morgan fingerprint density at radius 1 is 0.833 bits per heavy atom. The summed E-state index contributed by atoms with van der Waals surface area (Å²) >= 11 is 0. The molecule has 0 aromatic heterocycles. The Bertz CT molecular complexity index is 806. The number of nitrogens with zero attached hydrogens (tertiary/aromatic N) is 1. The Labute approximate surface area is 140 Å². The zero-order valence-electron chi connectivity index (χ0n) is 13.0. The number of amides is 2. The molecule has 2 amide bonds. The van der Waals surface area contributed by atoms with Crippen LogP contribution >= 0.6 is 0 Å². The van der Waals surface area contributed by atoms with Crippen LogP contribution in [0.15, 0.2) is 84.9 Å². The fraction of sp³-hybridized carbons (Fsp3) is 0.0500. The van der Waals surface area contributed by atoms with Crippen molar-refractivity contribution in [2.45, 2.75) is 6.54 Å². The van der Waals surface area contributed by atoms with Crippen molar-refractivity contribution >= 4 is 17.4 Å². The van der Waals surface area contributed by atoms with Crippen molar-refractivity contribution in [3.05, 3.63) is 96.3 Å². The van der Waals surface area contributed by atoms with E-state index in [9.17, 15) is 9.18 Å². The summed E-state index contributed by atoms with van der Waals surface area (Å²) in [5.74, 6) is -0.434. The number of carbonyl (C=O) groups excluding carboxylic acids is 1. The van der Waals surface area contributed by atoms with Gasteiger partial charge in [-0.1, -0.05) is 60.7 Å². The number of hydrogen-bond acceptors (Lipinski definition) is 1. The summed E-state index contributed by atoms with van der Waals surface area (Å²) in [6.45, 7) is 0.278. The lowest BCUT2D eigenvalue weighted by atomic mass is 10.2. The van der Waals surface area contributed by atoms with Crippen LogP contribution in [0.1, 0.15) is 5.56 Å². The third kappa shape index (κ3) is 3.79. The number of benzene rings is 3. The van der Waals surface area contributed by atoms with Gasteiger partial charge in [-0.2, -0.15) is 0 Å². The van der Waals surface area contributed by atoms with E-state index in [0.29, 0.717) is 5.69 Å². The minimum Gasteiger partial charge on any atom is -0.308 e. The average molecular weight is 320 g/mol. The van der Waals surface area contributed by atoms with Crippen LogP contribution in [0.2, 0.25) is 0 Å². The van der Waals surface area contributed by atoms with E-state index < -0.39 is 5.82 Å². The molecule has 0 fully saturated rings. The molecular weight excluding hydrogens is 303 g/mol. The Morgan fingerprint density at radius 3 is 2.08 bits per heavy atom. The molecular formula is C20H17FN2O. The van der Waals surface area contributed by atoms with Gasteiger partial charge in [-0.05, 0) is 29.8 Å². The highest BCUT2D eigenvalue weighted by molar-refractivity contribution is 6.01. The van der Waals surface area contributed by atoms with E-state index in [1.54, 1.807) is 30.3 Å². The van der Waals surface area contributed by atoms with E-state index in [0.717, 1.165) is 5.56 Å². The molecule has 120 valence electrons. The van der Waals surface area contributed by atoms with Gasteiger partial charge in [0.1, 0.15) is 5.82 Å². The van der Waals surface area contributed by atoms with Crippen molar-refractivity contribution in [1.29, 1.82) is 0 Å². The molecule has 0 spiro atoms. The predicted molar refractivity (Wildman–Crippen MR) is 94.5 cm³/mol. The zero-order valence-corrected chi connectivity index (χ0v) is 13.0. The fourth-order valence-electron chi connectivity index (χ4n) is 2.42. The first-order valence-electron chi connectivity index (χ1n) is 7.66. The van der Waals surface area contributed by atoms with Crippen LogP contribution in [0, 0.1) is 5.82 Å². The molecule has 4 heteroatoms. The Balaban J connectivity index is 1.89. The van der Waals surface area contributed by atoms with Crippen LogP contribution in [0.4, 0.5) is 20.6 Å². The first-order chi connectivity index (χ1) is 11.7. The molecule has 0 atom stereocenters. The van der Waals surface area contributed by atoms with E-state index in [-0.39, 0.29) is 18.3 Å². The van der Waals surface area contributed by atoms with E-state index in [4.69, 9.17) is 0 Å². The van der Waals surface area contributed by atoms with Gasteiger partial charge in [0.25, 0.3) is 0 Å². The second kappa shape index (κ2) is 7.42. The molecule has 0 saturated heterocycles. The minimum absolute atomic E-state index is 0.245. The topological polar surface area (TPSA) is 32.3 Å². The summed E-state index contributed by atoms with van der Waals surface area (Å²) < 4.78 is 14.2. The van der Waals surface area contributed by atoms with E-state index in [1.165, 1.54) is 11.0 Å². The quantitative estimate of drug-likeness (QED) is 0.715. The van der Waals surface area contributed by atoms with Crippen LogP contribution in [-0.4, -0.2) is 6.03 Å². The highest BCUT2D eigenvalue weighted by Crippen LogP contribution is 2.22. The molecule has 3 nitrogen and oxygen atoms in total. The van der Waals surface area contributed by atoms with Crippen molar-refractivity contribution in [1.82, 2.24) is 0 Å². The second-order valence-corrected chi connectivity index (χ2v) is 5.32. The van der Waals surface area contributed by atoms with Crippen LogP contribution in [0.3, 0.4) is 0 Å². The van der Waals surface area contributed by atoms with Gasteiger partial charge in [0, 0.05) is 5.69 Å². The maximum atomic E-state index is 14.2. The smallest absolute Gasteiger partial charge is 0.308 e. The number of rotatable bonds is 4. The van der Waals surface area contributed by atoms with Crippen molar-refractivity contribution in [3.63, 3.8) is 0 Å². The first-order valence-corrected chi connectivity index (χ1v) is 7.66. The van der Waals surface area contributed by atoms with Crippen molar-refractivity contribution in [3.8, 4) is 0 Å². The number of nitrogens with one attached hydrogen (secondary N) is 1. The molecule has 3 aromatic rings. The van der Waals surface area contributed by atoms with Gasteiger partial charge in [-0.25, -0.2) is 9.18 Å². The first kappa shape index (κ1) is 15.7. The predicted octanol–water partition coefficient (Wildman–Crippen LogP) is 5.06. The average Bonchev–Trinajstić information content (AvgIpc) is 2.62. The summed E-state index contributed by atoms with van der Waals surface area (Å²) in [5.41, 5.74) is 1.83. The standard InChI is InChI=1S/C20H17FN2O/c21-18-13-7-8-14-19(18)23(15-16-9-3-1-4-10-16)20(24)22-17-11-5-2-6-12-17/h1-14H,15H2,(H,22,24). The lowest BCUT2D eigenvalue weighted by Crippen LogP contribution is -2.35. The molecule has 3 aromatic carbocycles. The van der Waals surface area contributed by atoms with Crippen molar-refractivity contribution in [2.75, 3.05) is 10.2 Å². The third-order valence-corrected chi connectivity index (χ3v) is 3.60. The monoisotopic (exact) mass is 320 g/mol. The Kier molecular flexibility index (Phi) is 4.87. The molecule has 0 radical (unpaired) electrons. The fourth-order valence-corrected chi connectivity index (χ4v) is 2.42. The van der Waals surface area contributed by atoms with Crippen LogP contribution in [0.5, 0.6) is 0 Å². The lowest BCUT2D eigenvalue weighted by molar-refractivity contribution is 0.256.